The first-order chi connectivity index (χ1) is 82.2. The molecule has 149 heavy (non-hydrogen) atoms. The molecule has 31 aromatic rings. The first kappa shape index (κ1) is 67.8. The minimum Gasteiger partial charge on any atom is -0.456 e. The van der Waals surface area contributed by atoms with Gasteiger partial charge in [0.25, 0.3) is 0 Å². The lowest BCUT2D eigenvalue weighted by Gasteiger charge is -2.22. The predicted molar refractivity (Wildman–Crippen MR) is 634 cm³/mol. The van der Waals surface area contributed by atoms with E-state index in [-0.39, 0.29) is 121 Å². The second-order valence-corrected chi connectivity index (χ2v) is 37.8. The molecule has 0 aliphatic carbocycles. The molecular weight excluding hydrogens is 1800 g/mol. The lowest BCUT2D eigenvalue weighted by Crippen LogP contribution is -1.95. The topological polar surface area (TPSA) is 39.4 Å². The van der Waals surface area contributed by atoms with Gasteiger partial charge in [-0.3, -0.25) is 0 Å². The van der Waals surface area contributed by atoms with Gasteiger partial charge in [0.05, 0.1) is 27.4 Å². The molecule has 3 aromatic heterocycles. The van der Waals surface area contributed by atoms with Crippen molar-refractivity contribution in [2.75, 3.05) is 0 Å². The molecule has 0 unspecified atom stereocenters. The van der Waals surface area contributed by atoms with Crippen LogP contribution in [0.2, 0.25) is 0 Å². The minimum absolute atomic E-state index is 0.0742. The number of para-hydroxylation sites is 3. The zero-order valence-corrected chi connectivity index (χ0v) is 79.6. The Kier molecular flexibility index (Phi) is 16.3. The van der Waals surface area contributed by atoms with Crippen LogP contribution in [0.15, 0.2) is 559 Å². The Hall–Kier alpha value is -19.6. The number of rotatable bonds is 11. The molecule has 0 aliphatic rings. The minimum atomic E-state index is -0.442. The third kappa shape index (κ3) is 14.6. The van der Waals surface area contributed by atoms with Gasteiger partial charge in [0, 0.05) is 43.4 Å². The van der Waals surface area contributed by atoms with E-state index in [0.29, 0.717) is 83.0 Å². The standard InChI is InChI=1S/C54H34O.2C46H28O/c1-4-17-36(18-5-1)41-30-31-45(53-44-26-14-15-27-50(44)55-54(41)53)52-43-25-13-12-24-42(43)51(40-29-28-35-16-10-11-23-39(35)32-40)48-33-46(37-19-6-2-7-20-37)47(34-49(48)52)38-21-8-3-9-22-38;1-3-13-31-25-33(23-21-29(31)11-1)35-27-41(46-40-19-9-10-20-42(40)47-43(46)28-35)45-38-17-7-5-15-36(38)44(37-16-6-8-18-39(37)45)34-24-22-30-12-2-4-14-32(30)26-34;1-3-13-31-27-33(23-21-29(31)11-1)43-35-15-5-7-17-37(35)45(38-18-8-6-16-36(38)43)40-25-26-42-46(39-19-9-10-20-41(39)47-42)44(40)34-24-22-30-12-2-4-14-32(30)28-34/h1-34H;2*1-28H/i12D,13D,24D,25D;2*5D,6D,7D,8D,15D,16D,17D,18D. The summed E-state index contributed by atoms with van der Waals surface area (Å²) in [4.78, 5) is 0. The summed E-state index contributed by atoms with van der Waals surface area (Å²) < 4.78 is 205. The van der Waals surface area contributed by atoms with E-state index < -0.39 is 48.3 Å². The fourth-order valence-corrected chi connectivity index (χ4v) is 22.8. The smallest absolute Gasteiger partial charge is 0.143 e. The van der Waals surface area contributed by atoms with Crippen molar-refractivity contribution >= 4 is 184 Å². The summed E-state index contributed by atoms with van der Waals surface area (Å²) in [5.74, 6) is 0. The van der Waals surface area contributed by atoms with E-state index in [1.54, 1.807) is 0 Å². The van der Waals surface area contributed by atoms with Crippen LogP contribution in [-0.2, 0) is 0 Å². The maximum absolute atomic E-state index is 9.77. The highest BCUT2D eigenvalue weighted by atomic mass is 16.3. The van der Waals surface area contributed by atoms with Crippen LogP contribution in [0.25, 0.3) is 307 Å². The molecule has 0 atom stereocenters. The molecule has 3 nitrogen and oxygen atoms in total. The Bertz CT molecular complexity index is 12100. The van der Waals surface area contributed by atoms with Gasteiger partial charge in [-0.1, -0.05) is 454 Å². The van der Waals surface area contributed by atoms with Gasteiger partial charge in [-0.2, -0.15) is 0 Å². The summed E-state index contributed by atoms with van der Waals surface area (Å²) in [5, 5.41) is 18.9. The lowest BCUT2D eigenvalue weighted by atomic mass is 9.81. The SMILES string of the molecule is [2H]c1c([2H])c([2H])c2c(-c3cc(-c4ccc5ccccc5c4)cc4oc5ccccc5c34)c3c([2H])c([2H])c([2H])c([2H])c3c(-c3ccc4ccccc4c3)c2c1[2H].[2H]c1c([2H])c([2H])c2c(-c3ccc(-c4ccccc4)c4oc5ccccc5c34)c3cc(-c4ccccc4)c(-c4ccccc4)cc3c(-c3ccc4ccccc4c3)c2c1[2H].[2H]c1c([2H])c([2H])c2c(-c3ccc4oc5ccccc5c4c3-c3ccc4ccccc4c3)c3c([2H])c([2H])c([2H])c([2H])c3c(-c3ccc4ccccc4c3)c2c1[2H]. The van der Waals surface area contributed by atoms with E-state index in [1.165, 1.54) is 0 Å². The number of furan rings is 3. The third-order valence-corrected chi connectivity index (χ3v) is 29.5. The Morgan fingerprint density at radius 2 is 0.409 bits per heavy atom. The molecule has 0 N–H and O–H groups in total. The molecule has 28 aromatic carbocycles. The molecule has 0 radical (unpaired) electrons. The summed E-state index contributed by atoms with van der Waals surface area (Å²) in [5.41, 5.74) is 19.8. The highest BCUT2D eigenvalue weighted by Crippen LogP contribution is 2.56. The van der Waals surface area contributed by atoms with E-state index >= 15 is 0 Å². The summed E-state index contributed by atoms with van der Waals surface area (Å²) >= 11 is 0. The van der Waals surface area contributed by atoms with Gasteiger partial charge in [0.15, 0.2) is 0 Å². The zero-order valence-electron chi connectivity index (χ0n) is 99.6. The van der Waals surface area contributed by atoms with Crippen molar-refractivity contribution in [3.05, 3.63) is 545 Å². The zero-order chi connectivity index (χ0) is 115. The van der Waals surface area contributed by atoms with Gasteiger partial charge in [0.1, 0.15) is 33.5 Å². The van der Waals surface area contributed by atoms with Crippen LogP contribution in [0.5, 0.6) is 0 Å². The van der Waals surface area contributed by atoms with Gasteiger partial charge >= 0.3 is 0 Å². The van der Waals surface area contributed by atoms with Crippen LogP contribution >= 0.6 is 0 Å². The molecule has 0 amide bonds. The second-order valence-electron chi connectivity index (χ2n) is 37.8. The Balaban J connectivity index is 0.000000115. The average molecular weight is 1910 g/mol. The molecule has 0 saturated carbocycles. The highest BCUT2D eigenvalue weighted by Gasteiger charge is 2.30. The third-order valence-electron chi connectivity index (χ3n) is 29.5. The van der Waals surface area contributed by atoms with E-state index in [9.17, 15) is 13.7 Å². The van der Waals surface area contributed by atoms with Crippen molar-refractivity contribution in [1.82, 2.24) is 0 Å². The molecule has 0 bridgehead atoms. The van der Waals surface area contributed by atoms with Crippen LogP contribution in [0.3, 0.4) is 0 Å². The van der Waals surface area contributed by atoms with E-state index in [4.69, 9.17) is 27.0 Å². The van der Waals surface area contributed by atoms with Crippen molar-refractivity contribution < 1.29 is 40.7 Å². The molecule has 31 rings (SSSR count). The molecule has 692 valence electrons. The Labute approximate surface area is 887 Å². The molecule has 3 heterocycles. The van der Waals surface area contributed by atoms with Gasteiger partial charge in [-0.15, -0.1) is 0 Å². The molecular formula is C146H90O3. The van der Waals surface area contributed by atoms with Crippen molar-refractivity contribution in [1.29, 1.82) is 0 Å². The van der Waals surface area contributed by atoms with Gasteiger partial charge in [0.2, 0.25) is 0 Å². The summed E-state index contributed by atoms with van der Waals surface area (Å²) in [6.07, 6.45) is 0. The molecule has 3 heteroatoms. The van der Waals surface area contributed by atoms with Crippen LogP contribution in [0, 0.1) is 0 Å². The molecule has 0 fully saturated rings. The predicted octanol–water partition coefficient (Wildman–Crippen LogP) is 41.8. The maximum atomic E-state index is 9.77. The Morgan fingerprint density at radius 3 is 0.819 bits per heavy atom. The second kappa shape index (κ2) is 35.8. The summed E-state index contributed by atoms with van der Waals surface area (Å²) in [6.45, 7) is 0. The van der Waals surface area contributed by atoms with Crippen LogP contribution in [0.1, 0.15) is 27.4 Å². The van der Waals surface area contributed by atoms with Crippen molar-refractivity contribution in [2.45, 2.75) is 0 Å². The first-order valence-electron chi connectivity index (χ1n) is 59.6. The van der Waals surface area contributed by atoms with Crippen molar-refractivity contribution in [3.63, 3.8) is 0 Å². The lowest BCUT2D eigenvalue weighted by molar-refractivity contribution is 0.668. The molecule has 0 aliphatic heterocycles. The largest absolute Gasteiger partial charge is 0.456 e. The normalized spacial score (nSPS) is 13.6. The first-order valence-corrected chi connectivity index (χ1v) is 49.6. The molecule has 0 saturated heterocycles. The maximum Gasteiger partial charge on any atom is 0.143 e. The van der Waals surface area contributed by atoms with Crippen molar-refractivity contribution in [2.24, 2.45) is 0 Å². The fraction of sp³-hybridized carbons (Fsp3) is 0. The fourth-order valence-electron chi connectivity index (χ4n) is 22.8. The van der Waals surface area contributed by atoms with Gasteiger partial charge in [-0.05, 0) is 321 Å². The van der Waals surface area contributed by atoms with Crippen LogP contribution < -0.4 is 0 Å². The number of benzene rings is 28. The van der Waals surface area contributed by atoms with E-state index in [1.807, 2.05) is 291 Å². The average Bonchev–Trinajstić information content (AvgIpc) is 1.35. The number of hydrogen-bond donors (Lipinski definition) is 0. The van der Waals surface area contributed by atoms with Gasteiger partial charge < -0.3 is 13.3 Å². The number of fused-ring (bicyclic) bond motifs is 20. The van der Waals surface area contributed by atoms with Gasteiger partial charge in [-0.25, -0.2) is 0 Å². The van der Waals surface area contributed by atoms with Crippen LogP contribution in [-0.4, -0.2) is 0 Å². The van der Waals surface area contributed by atoms with E-state index in [0.717, 1.165) is 175 Å². The van der Waals surface area contributed by atoms with Crippen molar-refractivity contribution in [3.8, 4) is 122 Å². The summed E-state index contributed by atoms with van der Waals surface area (Å²) in [7, 11) is 0. The number of hydrogen-bond acceptors (Lipinski definition) is 3. The van der Waals surface area contributed by atoms with Crippen LogP contribution in [0.4, 0.5) is 0 Å². The Morgan fingerprint density at radius 1 is 0.128 bits per heavy atom. The monoisotopic (exact) mass is 1910 g/mol. The quantitative estimate of drug-likeness (QED) is 0.121. The molecule has 0 spiro atoms. The summed E-state index contributed by atoms with van der Waals surface area (Å²) in [6, 6.07) is 134. The highest BCUT2D eigenvalue weighted by molar-refractivity contribution is 6.32. The van der Waals surface area contributed by atoms with E-state index in [2.05, 4.69) is 133 Å².